The van der Waals surface area contributed by atoms with Crippen LogP contribution >= 0.6 is 0 Å². The van der Waals surface area contributed by atoms with E-state index < -0.39 is 11.6 Å². The zero-order valence-corrected chi connectivity index (χ0v) is 14.9. The van der Waals surface area contributed by atoms with Gasteiger partial charge in [0, 0.05) is 43.4 Å². The monoisotopic (exact) mass is 367 g/mol. The predicted octanol–water partition coefficient (Wildman–Crippen LogP) is 3.63. The Morgan fingerprint density at radius 3 is 2.81 bits per heavy atom. The maximum absolute atomic E-state index is 13.9. The largest absolute Gasteiger partial charge is 0.365 e. The minimum absolute atomic E-state index is 0.149. The summed E-state index contributed by atoms with van der Waals surface area (Å²) < 4.78 is 27.3. The third-order valence-electron chi connectivity index (χ3n) is 4.68. The zero-order chi connectivity index (χ0) is 18.8. The fourth-order valence-corrected chi connectivity index (χ4v) is 3.19. The Morgan fingerprint density at radius 1 is 1.11 bits per heavy atom. The van der Waals surface area contributed by atoms with Crippen molar-refractivity contribution < 1.29 is 8.78 Å². The van der Waals surface area contributed by atoms with E-state index in [0.29, 0.717) is 12.4 Å². The van der Waals surface area contributed by atoms with Gasteiger partial charge in [-0.25, -0.2) is 23.7 Å². The average Bonchev–Trinajstić information content (AvgIpc) is 2.69. The molecule has 0 aliphatic carbocycles. The number of aromatic nitrogens is 3. The second-order valence-electron chi connectivity index (χ2n) is 6.60. The number of aryl methyl sites for hydroxylation is 1. The topological polar surface area (TPSA) is 53.9 Å². The van der Waals surface area contributed by atoms with Crippen molar-refractivity contribution in [1.29, 1.82) is 0 Å². The van der Waals surface area contributed by atoms with Gasteiger partial charge < -0.3 is 10.2 Å². The maximum Gasteiger partial charge on any atom is 0.134 e. The molecule has 138 valence electrons. The summed E-state index contributed by atoms with van der Waals surface area (Å²) in [6.07, 6.45) is 4.12. The molecule has 0 amide bonds. The molecule has 3 aromatic rings. The summed E-state index contributed by atoms with van der Waals surface area (Å²) in [7, 11) is 0. The molecule has 0 radical (unpaired) electrons. The van der Waals surface area contributed by atoms with Gasteiger partial charge in [-0.1, -0.05) is 6.07 Å². The molecule has 0 fully saturated rings. The molecule has 0 bridgehead atoms. The number of benzene rings is 1. The van der Waals surface area contributed by atoms with E-state index in [9.17, 15) is 8.78 Å². The number of hydrogen-bond acceptors (Lipinski definition) is 5. The molecule has 0 saturated carbocycles. The summed E-state index contributed by atoms with van der Waals surface area (Å²) >= 11 is 0. The number of fused-ring (bicyclic) bond motifs is 1. The number of nitrogens with zero attached hydrogens (tertiary/aromatic N) is 4. The summed E-state index contributed by atoms with van der Waals surface area (Å²) in [5.74, 6) is 0.629. The van der Waals surface area contributed by atoms with E-state index in [1.54, 1.807) is 0 Å². The van der Waals surface area contributed by atoms with Gasteiger partial charge >= 0.3 is 0 Å². The smallest absolute Gasteiger partial charge is 0.134 e. The molecule has 0 saturated heterocycles. The Hall–Kier alpha value is -3.09. The Labute approximate surface area is 156 Å². The molecular weight excluding hydrogens is 348 g/mol. The first-order valence-electron chi connectivity index (χ1n) is 8.78. The number of nitrogens with one attached hydrogen (secondary N) is 1. The molecule has 1 aromatic carbocycles. The van der Waals surface area contributed by atoms with Gasteiger partial charge in [0.2, 0.25) is 0 Å². The lowest BCUT2D eigenvalue weighted by Crippen LogP contribution is -2.32. The van der Waals surface area contributed by atoms with E-state index in [2.05, 4.69) is 25.2 Å². The van der Waals surface area contributed by atoms with E-state index in [1.165, 1.54) is 12.4 Å². The lowest BCUT2D eigenvalue weighted by molar-refractivity contribution is 0.587. The highest BCUT2D eigenvalue weighted by molar-refractivity contribution is 5.52. The van der Waals surface area contributed by atoms with Crippen molar-refractivity contribution in [2.24, 2.45) is 0 Å². The fraction of sp³-hybridized carbons (Fsp3) is 0.250. The van der Waals surface area contributed by atoms with Crippen molar-refractivity contribution >= 4 is 11.6 Å². The summed E-state index contributed by atoms with van der Waals surface area (Å²) in [6, 6.07) is 7.47. The van der Waals surface area contributed by atoms with Crippen molar-refractivity contribution in [1.82, 2.24) is 15.0 Å². The molecule has 3 heterocycles. The van der Waals surface area contributed by atoms with Crippen LogP contribution in [0.1, 0.15) is 22.4 Å². The van der Waals surface area contributed by atoms with Gasteiger partial charge in [-0.15, -0.1) is 0 Å². The van der Waals surface area contributed by atoms with Gasteiger partial charge in [-0.05, 0) is 36.8 Å². The molecule has 2 aromatic heterocycles. The van der Waals surface area contributed by atoms with Crippen molar-refractivity contribution in [2.45, 2.75) is 26.4 Å². The highest BCUT2D eigenvalue weighted by Gasteiger charge is 2.22. The lowest BCUT2D eigenvalue weighted by atomic mass is 10.1. The molecule has 0 atom stereocenters. The summed E-state index contributed by atoms with van der Waals surface area (Å²) in [4.78, 5) is 15.4. The first kappa shape index (κ1) is 17.3. The van der Waals surface area contributed by atoms with Gasteiger partial charge in [-0.3, -0.25) is 0 Å². The molecule has 4 rings (SSSR count). The predicted molar refractivity (Wildman–Crippen MR) is 99.4 cm³/mol. The molecule has 5 nitrogen and oxygen atoms in total. The molecule has 1 aliphatic heterocycles. The molecule has 1 N–H and O–H groups in total. The standard InChI is InChI=1S/C20H19F2N5/c1-13-2-5-19(23-9-13)27-7-6-18-16(11-27)20(26-12-25-18)24-10-14-8-15(21)3-4-17(14)22/h2-5,8-9,12H,6-7,10-11H2,1H3,(H,24,25,26). The first-order valence-corrected chi connectivity index (χ1v) is 8.78. The molecule has 0 spiro atoms. The van der Waals surface area contributed by atoms with Crippen molar-refractivity contribution in [3.63, 3.8) is 0 Å². The van der Waals surface area contributed by atoms with Gasteiger partial charge in [0.25, 0.3) is 0 Å². The number of anilines is 2. The van der Waals surface area contributed by atoms with Crippen LogP contribution in [0.5, 0.6) is 0 Å². The molecule has 1 aliphatic rings. The van der Waals surface area contributed by atoms with Crippen molar-refractivity contribution in [3.05, 3.63) is 76.9 Å². The number of pyridine rings is 1. The van der Waals surface area contributed by atoms with Gasteiger partial charge in [0.05, 0.1) is 5.69 Å². The van der Waals surface area contributed by atoms with E-state index in [4.69, 9.17) is 0 Å². The van der Waals surface area contributed by atoms with Crippen LogP contribution in [-0.4, -0.2) is 21.5 Å². The van der Waals surface area contributed by atoms with Crippen LogP contribution in [-0.2, 0) is 19.5 Å². The number of hydrogen-bond donors (Lipinski definition) is 1. The molecular formula is C20H19F2N5. The summed E-state index contributed by atoms with van der Waals surface area (Å²) in [6.45, 7) is 3.58. The minimum Gasteiger partial charge on any atom is -0.365 e. The van der Waals surface area contributed by atoms with Crippen molar-refractivity contribution in [2.75, 3.05) is 16.8 Å². The molecule has 27 heavy (non-hydrogen) atoms. The van der Waals surface area contributed by atoms with E-state index in [0.717, 1.165) is 47.7 Å². The zero-order valence-electron chi connectivity index (χ0n) is 14.9. The second-order valence-corrected chi connectivity index (χ2v) is 6.60. The Kier molecular flexibility index (Phi) is 4.66. The van der Waals surface area contributed by atoms with Gasteiger partial charge in [-0.2, -0.15) is 0 Å². The maximum atomic E-state index is 13.9. The molecule has 7 heteroatoms. The summed E-state index contributed by atoms with van der Waals surface area (Å²) in [5.41, 5.74) is 3.30. The second kappa shape index (κ2) is 7.26. The quantitative estimate of drug-likeness (QED) is 0.763. The van der Waals surface area contributed by atoms with Crippen LogP contribution in [0, 0.1) is 18.6 Å². The van der Waals surface area contributed by atoms with Crippen molar-refractivity contribution in [3.8, 4) is 0 Å². The Balaban J connectivity index is 1.56. The minimum atomic E-state index is -0.463. The first-order chi connectivity index (χ1) is 13.1. The van der Waals surface area contributed by atoms with Crippen LogP contribution in [0.25, 0.3) is 0 Å². The Bertz CT molecular complexity index is 959. The Morgan fingerprint density at radius 2 is 2.00 bits per heavy atom. The van der Waals surface area contributed by atoms with E-state index in [-0.39, 0.29) is 12.1 Å². The van der Waals surface area contributed by atoms with E-state index >= 15 is 0 Å². The van der Waals surface area contributed by atoms with Gasteiger partial charge in [0.15, 0.2) is 0 Å². The summed E-state index contributed by atoms with van der Waals surface area (Å²) in [5, 5.41) is 3.13. The van der Waals surface area contributed by atoms with Crippen LogP contribution < -0.4 is 10.2 Å². The highest BCUT2D eigenvalue weighted by Crippen LogP contribution is 2.26. The fourth-order valence-electron chi connectivity index (χ4n) is 3.19. The van der Waals surface area contributed by atoms with Crippen LogP contribution in [0.4, 0.5) is 20.4 Å². The van der Waals surface area contributed by atoms with Crippen LogP contribution in [0.3, 0.4) is 0 Å². The van der Waals surface area contributed by atoms with Crippen LogP contribution in [0.15, 0.2) is 42.9 Å². The average molecular weight is 367 g/mol. The van der Waals surface area contributed by atoms with Gasteiger partial charge in [0.1, 0.15) is 29.6 Å². The highest BCUT2D eigenvalue weighted by atomic mass is 19.1. The van der Waals surface area contributed by atoms with E-state index in [1.807, 2.05) is 25.3 Å². The third kappa shape index (κ3) is 3.72. The third-order valence-corrected chi connectivity index (χ3v) is 4.68. The molecule has 0 unspecified atom stereocenters. The number of halogens is 2. The normalized spacial score (nSPS) is 13.4. The SMILES string of the molecule is Cc1ccc(N2CCc3ncnc(NCc4cc(F)ccc4F)c3C2)nc1. The van der Waals surface area contributed by atoms with Crippen LogP contribution in [0.2, 0.25) is 0 Å². The number of rotatable bonds is 4. The lowest BCUT2D eigenvalue weighted by Gasteiger charge is -2.30.